The second-order valence-electron chi connectivity index (χ2n) is 18.7. The van der Waals surface area contributed by atoms with Crippen molar-refractivity contribution >= 4 is 34.1 Å². The summed E-state index contributed by atoms with van der Waals surface area (Å²) in [6, 6.07) is 103. The standard InChI is InChI=1S/C68H46N2/c1-6-23-47(24-7-1)67(48-25-8-2-9-26-48)59-36-19-16-33-54(59)56-44-42-53(46-63(56)67)70(51-31-14-5-15-32-51)65-40-22-39-62-66(65)58-35-18-21-38-61(58)68(62)60-37-20-17-34-55(60)57-43-41-52(45-64(57)68)69(49-27-10-3-11-28-49)50-29-12-4-13-30-50/h1-46H. The highest BCUT2D eigenvalue weighted by Crippen LogP contribution is 2.66. The van der Waals surface area contributed by atoms with Crippen molar-refractivity contribution in [3.63, 3.8) is 0 Å². The van der Waals surface area contributed by atoms with Crippen LogP contribution in [0.3, 0.4) is 0 Å². The summed E-state index contributed by atoms with van der Waals surface area (Å²) in [5.74, 6) is 0. The monoisotopic (exact) mass is 890 g/mol. The summed E-state index contributed by atoms with van der Waals surface area (Å²) in [6.07, 6.45) is 0. The zero-order valence-corrected chi connectivity index (χ0v) is 38.5. The molecule has 2 heteroatoms. The Morgan fingerprint density at radius 1 is 0.214 bits per heavy atom. The van der Waals surface area contributed by atoms with E-state index in [2.05, 4.69) is 289 Å². The second-order valence-corrected chi connectivity index (χ2v) is 18.7. The Morgan fingerprint density at radius 2 is 0.571 bits per heavy atom. The molecule has 0 heterocycles. The van der Waals surface area contributed by atoms with E-state index in [0.29, 0.717) is 0 Å². The Bertz CT molecular complexity index is 3690. The Morgan fingerprint density at radius 3 is 1.09 bits per heavy atom. The van der Waals surface area contributed by atoms with E-state index >= 15 is 0 Å². The predicted molar refractivity (Wildman–Crippen MR) is 289 cm³/mol. The molecule has 1 atom stereocenters. The molecule has 2 nitrogen and oxygen atoms in total. The van der Waals surface area contributed by atoms with Crippen LogP contribution in [-0.2, 0) is 10.8 Å². The van der Waals surface area contributed by atoms with Crippen LogP contribution in [0.1, 0.15) is 44.5 Å². The van der Waals surface area contributed by atoms with Gasteiger partial charge in [-0.05, 0) is 139 Å². The highest BCUT2D eigenvalue weighted by atomic mass is 15.2. The molecule has 0 bridgehead atoms. The van der Waals surface area contributed by atoms with Crippen LogP contribution in [0.4, 0.5) is 34.1 Å². The largest absolute Gasteiger partial charge is 0.310 e. The second kappa shape index (κ2) is 15.8. The number of nitrogens with zero attached hydrogens (tertiary/aromatic N) is 2. The third-order valence-electron chi connectivity index (χ3n) is 15.3. The van der Waals surface area contributed by atoms with Gasteiger partial charge in [-0.2, -0.15) is 0 Å². The molecule has 1 spiro atoms. The number of rotatable bonds is 8. The predicted octanol–water partition coefficient (Wildman–Crippen LogP) is 17.3. The van der Waals surface area contributed by atoms with E-state index in [1.807, 2.05) is 0 Å². The SMILES string of the molecule is c1ccc(N(c2ccccc2)c2ccc3c(c2)C2(c4ccccc4-3)c3ccccc3-c3c(N(c4ccccc4)c4ccc5c(c4)C(c4ccccc4)(c4ccccc4)c4ccccc4-5)cccc32)cc1. The maximum atomic E-state index is 2.52. The summed E-state index contributed by atoms with van der Waals surface area (Å²) in [4.78, 5) is 4.91. The van der Waals surface area contributed by atoms with Gasteiger partial charge >= 0.3 is 0 Å². The first kappa shape index (κ1) is 40.1. The van der Waals surface area contributed by atoms with E-state index in [-0.39, 0.29) is 0 Å². The fraction of sp³-hybridized carbons (Fsp3) is 0.0294. The Balaban J connectivity index is 1.03. The number of benzene rings is 11. The lowest BCUT2D eigenvalue weighted by atomic mass is 9.67. The lowest BCUT2D eigenvalue weighted by molar-refractivity contribution is 0.768. The molecule has 0 saturated carbocycles. The van der Waals surface area contributed by atoms with Crippen molar-refractivity contribution in [3.8, 4) is 33.4 Å². The molecule has 0 N–H and O–H groups in total. The maximum Gasteiger partial charge on any atom is 0.0727 e. The van der Waals surface area contributed by atoms with Gasteiger partial charge in [0.2, 0.25) is 0 Å². The van der Waals surface area contributed by atoms with Crippen molar-refractivity contribution < 1.29 is 0 Å². The van der Waals surface area contributed by atoms with Crippen LogP contribution in [0, 0.1) is 0 Å². The molecular weight excluding hydrogens is 845 g/mol. The van der Waals surface area contributed by atoms with Crippen LogP contribution in [0.2, 0.25) is 0 Å². The first-order chi connectivity index (χ1) is 34.8. The zero-order valence-electron chi connectivity index (χ0n) is 38.5. The van der Waals surface area contributed by atoms with Gasteiger partial charge in [-0.1, -0.05) is 212 Å². The molecule has 0 aliphatic heterocycles. The van der Waals surface area contributed by atoms with Crippen LogP contribution in [0.15, 0.2) is 279 Å². The van der Waals surface area contributed by atoms with Crippen molar-refractivity contribution in [2.75, 3.05) is 9.80 Å². The summed E-state index contributed by atoms with van der Waals surface area (Å²) in [6.45, 7) is 0. The number of anilines is 6. The Hall–Kier alpha value is -8.98. The minimum absolute atomic E-state index is 0.537. The molecule has 11 aromatic carbocycles. The molecule has 3 aliphatic rings. The molecule has 3 aliphatic carbocycles. The third-order valence-corrected chi connectivity index (χ3v) is 15.3. The average Bonchev–Trinajstić information content (AvgIpc) is 4.03. The van der Waals surface area contributed by atoms with Crippen LogP contribution < -0.4 is 9.80 Å². The lowest BCUT2D eigenvalue weighted by Crippen LogP contribution is -2.28. The highest BCUT2D eigenvalue weighted by molar-refractivity contribution is 6.02. The van der Waals surface area contributed by atoms with Gasteiger partial charge in [-0.25, -0.2) is 0 Å². The molecule has 0 fully saturated rings. The molecule has 0 aromatic heterocycles. The van der Waals surface area contributed by atoms with Gasteiger partial charge in [-0.3, -0.25) is 0 Å². The van der Waals surface area contributed by atoms with Crippen LogP contribution >= 0.6 is 0 Å². The van der Waals surface area contributed by atoms with Crippen LogP contribution in [0.25, 0.3) is 33.4 Å². The van der Waals surface area contributed by atoms with Gasteiger partial charge in [0.1, 0.15) is 0 Å². The van der Waals surface area contributed by atoms with Crippen LogP contribution in [-0.4, -0.2) is 0 Å². The summed E-state index contributed by atoms with van der Waals surface area (Å²) in [5.41, 5.74) is 23.5. The van der Waals surface area contributed by atoms with Crippen molar-refractivity contribution in [2.45, 2.75) is 10.8 Å². The van der Waals surface area contributed by atoms with Crippen LogP contribution in [0.5, 0.6) is 0 Å². The molecule has 70 heavy (non-hydrogen) atoms. The van der Waals surface area contributed by atoms with E-state index in [1.165, 1.54) is 77.9 Å². The molecular formula is C68H46N2. The summed E-state index contributed by atoms with van der Waals surface area (Å²) >= 11 is 0. The molecule has 328 valence electrons. The Labute approximate surface area is 409 Å². The minimum Gasteiger partial charge on any atom is -0.310 e. The minimum atomic E-state index is -0.583. The van der Waals surface area contributed by atoms with Crippen molar-refractivity contribution in [3.05, 3.63) is 324 Å². The zero-order chi connectivity index (χ0) is 46.2. The summed E-state index contributed by atoms with van der Waals surface area (Å²) in [5, 5.41) is 0. The normalized spacial score (nSPS) is 15.0. The molecule has 14 rings (SSSR count). The number of hydrogen-bond donors (Lipinski definition) is 0. The topological polar surface area (TPSA) is 6.48 Å². The first-order valence-electron chi connectivity index (χ1n) is 24.3. The fourth-order valence-corrected chi connectivity index (χ4v) is 12.7. The van der Waals surface area contributed by atoms with Gasteiger partial charge in [-0.15, -0.1) is 0 Å². The smallest absolute Gasteiger partial charge is 0.0727 e. The number of para-hydroxylation sites is 3. The summed E-state index contributed by atoms with van der Waals surface area (Å²) < 4.78 is 0. The molecule has 0 saturated heterocycles. The quantitative estimate of drug-likeness (QED) is 0.150. The molecule has 1 unspecified atom stereocenters. The van der Waals surface area contributed by atoms with Crippen molar-refractivity contribution in [1.82, 2.24) is 0 Å². The lowest BCUT2D eigenvalue weighted by Gasteiger charge is -2.35. The van der Waals surface area contributed by atoms with Gasteiger partial charge in [0.05, 0.1) is 16.5 Å². The van der Waals surface area contributed by atoms with E-state index in [1.54, 1.807) is 0 Å². The molecule has 0 radical (unpaired) electrons. The average molecular weight is 891 g/mol. The van der Waals surface area contributed by atoms with Crippen molar-refractivity contribution in [2.24, 2.45) is 0 Å². The van der Waals surface area contributed by atoms with Gasteiger partial charge in [0.15, 0.2) is 0 Å². The first-order valence-corrected chi connectivity index (χ1v) is 24.3. The molecule has 11 aromatic rings. The summed E-state index contributed by atoms with van der Waals surface area (Å²) in [7, 11) is 0. The maximum absolute atomic E-state index is 2.52. The number of hydrogen-bond acceptors (Lipinski definition) is 2. The van der Waals surface area contributed by atoms with Crippen molar-refractivity contribution in [1.29, 1.82) is 0 Å². The Kier molecular flexibility index (Phi) is 9.06. The van der Waals surface area contributed by atoms with E-state index < -0.39 is 10.8 Å². The fourth-order valence-electron chi connectivity index (χ4n) is 12.7. The highest BCUT2D eigenvalue weighted by Gasteiger charge is 2.53. The molecule has 0 amide bonds. The van der Waals surface area contributed by atoms with E-state index in [0.717, 1.165) is 34.1 Å². The van der Waals surface area contributed by atoms with Gasteiger partial charge < -0.3 is 9.80 Å². The van der Waals surface area contributed by atoms with Gasteiger partial charge in [0, 0.05) is 34.0 Å². The number of fused-ring (bicyclic) bond motifs is 13. The van der Waals surface area contributed by atoms with Gasteiger partial charge in [0.25, 0.3) is 0 Å². The third kappa shape index (κ3) is 5.62. The van der Waals surface area contributed by atoms with E-state index in [4.69, 9.17) is 0 Å². The van der Waals surface area contributed by atoms with E-state index in [9.17, 15) is 0 Å².